The molecule has 12 aromatic rings. The Morgan fingerprint density at radius 2 is 0.690 bits per heavy atom. The number of fused-ring (bicyclic) bond motifs is 6. The van der Waals surface area contributed by atoms with Gasteiger partial charge in [0.15, 0.2) is 0 Å². The van der Waals surface area contributed by atoms with Gasteiger partial charge in [-0.2, -0.15) is 0 Å². The number of rotatable bonds is 12. The van der Waals surface area contributed by atoms with Gasteiger partial charge >= 0.3 is 0 Å². The van der Waals surface area contributed by atoms with Crippen LogP contribution in [0.15, 0.2) is 315 Å². The van der Waals surface area contributed by atoms with Crippen LogP contribution in [0.4, 0.5) is 96.7 Å². The molecule has 0 saturated heterocycles. The molecule has 0 fully saturated rings. The van der Waals surface area contributed by atoms with Gasteiger partial charge in [0, 0.05) is 96.7 Å². The highest BCUT2D eigenvalue weighted by Gasteiger charge is 2.45. The molecule has 0 bridgehead atoms. The highest BCUT2D eigenvalue weighted by Crippen LogP contribution is 2.51. The third-order valence-electron chi connectivity index (χ3n) is 18.1. The molecule has 87 heavy (non-hydrogen) atoms. The maximum atomic E-state index is 2.56. The highest BCUT2D eigenvalue weighted by molar-refractivity contribution is 7.00. The third-order valence-corrected chi connectivity index (χ3v) is 18.1. The lowest BCUT2D eigenvalue weighted by Crippen LogP contribution is -2.61. The van der Waals surface area contributed by atoms with Crippen molar-refractivity contribution >= 4 is 137 Å². The fourth-order valence-electron chi connectivity index (χ4n) is 14.3. The van der Waals surface area contributed by atoms with Crippen LogP contribution in [0.5, 0.6) is 0 Å². The molecule has 0 spiro atoms. The van der Waals surface area contributed by atoms with E-state index in [1.54, 1.807) is 0 Å². The summed E-state index contributed by atoms with van der Waals surface area (Å²) in [5.41, 5.74) is 26.7. The summed E-state index contributed by atoms with van der Waals surface area (Å²) in [5, 5.41) is 0. The summed E-state index contributed by atoms with van der Waals surface area (Å²) in [6.07, 6.45) is 6.88. The molecule has 0 N–H and O–H groups in total. The Morgan fingerprint density at radius 1 is 0.299 bits per heavy atom. The first kappa shape index (κ1) is 51.9. The molecular weight excluding hydrogens is 1050 g/mol. The van der Waals surface area contributed by atoms with Crippen molar-refractivity contribution in [3.05, 3.63) is 315 Å². The summed E-state index contributed by atoms with van der Waals surface area (Å²) in [6.45, 7) is 2.33. The van der Waals surface area contributed by atoms with Gasteiger partial charge in [0.1, 0.15) is 0 Å². The van der Waals surface area contributed by atoms with Crippen molar-refractivity contribution in [2.45, 2.75) is 32.5 Å². The molecule has 16 rings (SSSR count). The lowest BCUT2D eigenvalue weighted by Gasteiger charge is -2.45. The van der Waals surface area contributed by atoms with E-state index < -0.39 is 0 Å². The predicted molar refractivity (Wildman–Crippen MR) is 371 cm³/mol. The van der Waals surface area contributed by atoms with Crippen molar-refractivity contribution in [2.75, 3.05) is 29.4 Å². The van der Waals surface area contributed by atoms with Crippen LogP contribution < -0.4 is 56.7 Å². The van der Waals surface area contributed by atoms with E-state index in [2.05, 4.69) is 346 Å². The van der Waals surface area contributed by atoms with Gasteiger partial charge in [-0.15, -0.1) is 0 Å². The SMILES string of the molecule is CB1c2ccccc2N(c2ccccc2)c2cc(N(C3=CCCCC3)c3ccccc3)cc(N(c3ccccc3)c3ccc4c(c3)N(c3ccccc3)c3cc(N(c5ccccc5)c5ccccc5)cc5c3B4c3ccccc3N5c3ccccc3)c21. The number of allylic oxidation sites excluding steroid dienone is 2. The normalized spacial score (nSPS) is 13.6. The van der Waals surface area contributed by atoms with E-state index in [-0.39, 0.29) is 13.4 Å². The Kier molecular flexibility index (Phi) is 13.2. The number of anilines is 17. The van der Waals surface area contributed by atoms with E-state index in [0.29, 0.717) is 0 Å². The van der Waals surface area contributed by atoms with E-state index >= 15 is 0 Å². The number of para-hydroxylation sites is 9. The summed E-state index contributed by atoms with van der Waals surface area (Å²) in [5.74, 6) is 0. The van der Waals surface area contributed by atoms with E-state index in [1.807, 2.05) is 0 Å². The lowest BCUT2D eigenvalue weighted by atomic mass is 9.33. The highest BCUT2D eigenvalue weighted by atomic mass is 15.2. The van der Waals surface area contributed by atoms with Crippen molar-refractivity contribution in [1.29, 1.82) is 0 Å². The minimum absolute atomic E-state index is 0.0242. The fourth-order valence-corrected chi connectivity index (χ4v) is 14.3. The quantitative estimate of drug-likeness (QED) is 0.113. The Balaban J connectivity index is 0.989. The molecule has 3 heterocycles. The molecule has 8 heteroatoms. The minimum Gasteiger partial charge on any atom is -0.314 e. The number of hydrogen-bond acceptors (Lipinski definition) is 6. The summed E-state index contributed by atoms with van der Waals surface area (Å²) >= 11 is 0. The average molecular weight is 1120 g/mol. The Morgan fingerprint density at radius 3 is 1.20 bits per heavy atom. The van der Waals surface area contributed by atoms with Gasteiger partial charge in [-0.3, -0.25) is 0 Å². The molecule has 0 atom stereocenters. The fraction of sp³-hybridized carbons (Fsp3) is 0.0633. The van der Waals surface area contributed by atoms with Crippen molar-refractivity contribution in [3.8, 4) is 0 Å². The predicted octanol–water partition coefficient (Wildman–Crippen LogP) is 18.3. The van der Waals surface area contributed by atoms with Crippen molar-refractivity contribution < 1.29 is 0 Å². The first-order valence-corrected chi connectivity index (χ1v) is 30.7. The number of nitrogens with zero attached hydrogens (tertiary/aromatic N) is 6. The van der Waals surface area contributed by atoms with Crippen LogP contribution >= 0.6 is 0 Å². The third kappa shape index (κ3) is 8.98. The molecule has 1 aliphatic carbocycles. The van der Waals surface area contributed by atoms with Gasteiger partial charge in [-0.05, 0) is 181 Å². The molecule has 0 unspecified atom stereocenters. The zero-order valence-corrected chi connectivity index (χ0v) is 48.6. The van der Waals surface area contributed by atoms with Crippen LogP contribution in [0.25, 0.3) is 0 Å². The molecule has 0 radical (unpaired) electrons. The van der Waals surface area contributed by atoms with Crippen molar-refractivity contribution in [3.63, 3.8) is 0 Å². The molecule has 0 amide bonds. The molecule has 414 valence electrons. The van der Waals surface area contributed by atoms with E-state index in [9.17, 15) is 0 Å². The van der Waals surface area contributed by atoms with Crippen LogP contribution in [-0.4, -0.2) is 13.4 Å². The minimum atomic E-state index is -0.105. The van der Waals surface area contributed by atoms with Crippen LogP contribution in [0, 0.1) is 0 Å². The van der Waals surface area contributed by atoms with Crippen molar-refractivity contribution in [2.24, 2.45) is 0 Å². The van der Waals surface area contributed by atoms with Crippen LogP contribution in [0.1, 0.15) is 25.7 Å². The summed E-state index contributed by atoms with van der Waals surface area (Å²) in [6, 6.07) is 112. The van der Waals surface area contributed by atoms with E-state index in [1.165, 1.54) is 56.5 Å². The first-order valence-electron chi connectivity index (χ1n) is 30.7. The smallest absolute Gasteiger partial charge is 0.252 e. The Labute approximate surface area is 511 Å². The molecule has 0 saturated carbocycles. The maximum Gasteiger partial charge on any atom is 0.252 e. The lowest BCUT2D eigenvalue weighted by molar-refractivity contribution is 0.691. The average Bonchev–Trinajstić information content (AvgIpc) is 0.978. The van der Waals surface area contributed by atoms with Gasteiger partial charge in [-0.1, -0.05) is 188 Å². The largest absolute Gasteiger partial charge is 0.314 e. The molecule has 0 aromatic heterocycles. The van der Waals surface area contributed by atoms with Crippen molar-refractivity contribution in [1.82, 2.24) is 0 Å². The topological polar surface area (TPSA) is 19.4 Å². The molecular formula is C79H62B2N6. The number of benzene rings is 12. The summed E-state index contributed by atoms with van der Waals surface area (Å²) in [4.78, 5) is 15.1. The maximum absolute atomic E-state index is 2.56. The Bertz CT molecular complexity index is 4470. The first-order chi connectivity index (χ1) is 43.1. The van der Waals surface area contributed by atoms with Crippen LogP contribution in [-0.2, 0) is 0 Å². The number of hydrogen-bond donors (Lipinski definition) is 0. The van der Waals surface area contributed by atoms with E-state index in [0.717, 1.165) is 98.9 Å². The standard InChI is InChI=1S/C79H62B2N6/c1-80-68-46-26-28-48-71(68)85(62-40-20-7-21-41-62)75-54-66(82(57-30-10-2-11-31-57)58-32-12-3-13-33-58)53-74(78(75)80)84(61-38-18-6-19-39-61)65-50-51-70-73(52-65)87(64-44-24-9-25-45-64)77-56-67(83(59-34-14-4-15-35-59)60-36-16-5-17-37-60)55-76-79(77)81(70)69-47-27-29-49-72(69)86(76)63-42-22-8-23-43-63/h2,4-11,14-32,34-56H,3,12-13,33H2,1H3. The zero-order chi connectivity index (χ0) is 57.8. The molecule has 6 nitrogen and oxygen atoms in total. The molecule has 12 aromatic carbocycles. The van der Waals surface area contributed by atoms with Crippen LogP contribution in [0.3, 0.4) is 0 Å². The second-order valence-electron chi connectivity index (χ2n) is 23.1. The second-order valence-corrected chi connectivity index (χ2v) is 23.1. The van der Waals surface area contributed by atoms with Gasteiger partial charge in [0.25, 0.3) is 6.71 Å². The Hall–Kier alpha value is -10.7. The van der Waals surface area contributed by atoms with Gasteiger partial charge in [0.05, 0.1) is 5.69 Å². The van der Waals surface area contributed by atoms with Gasteiger partial charge in [-0.25, -0.2) is 0 Å². The summed E-state index contributed by atoms with van der Waals surface area (Å²) < 4.78 is 0. The molecule has 4 aliphatic rings. The van der Waals surface area contributed by atoms with Gasteiger partial charge in [0.2, 0.25) is 6.71 Å². The van der Waals surface area contributed by atoms with Gasteiger partial charge < -0.3 is 29.4 Å². The summed E-state index contributed by atoms with van der Waals surface area (Å²) in [7, 11) is 0. The zero-order valence-electron chi connectivity index (χ0n) is 48.6. The van der Waals surface area contributed by atoms with Crippen LogP contribution in [0.2, 0.25) is 6.82 Å². The van der Waals surface area contributed by atoms with E-state index in [4.69, 9.17) is 0 Å². The molecule has 3 aliphatic heterocycles. The second kappa shape index (κ2) is 22.1. The monoisotopic (exact) mass is 1120 g/mol.